The van der Waals surface area contributed by atoms with Crippen LogP contribution in [-0.2, 0) is 9.59 Å². The van der Waals surface area contributed by atoms with Crippen molar-refractivity contribution in [2.45, 2.75) is 26.7 Å². The van der Waals surface area contributed by atoms with Crippen molar-refractivity contribution in [3.05, 3.63) is 57.6 Å². The molecule has 0 aliphatic heterocycles. The molecule has 2 amide bonds. The van der Waals surface area contributed by atoms with Crippen LogP contribution < -0.4 is 10.6 Å². The zero-order valence-corrected chi connectivity index (χ0v) is 15.5. The van der Waals surface area contributed by atoms with Gasteiger partial charge >= 0.3 is 0 Å². The summed E-state index contributed by atoms with van der Waals surface area (Å²) in [6.07, 6.45) is 1.04. The van der Waals surface area contributed by atoms with Gasteiger partial charge in [-0.25, -0.2) is 0 Å². The number of hydrogen-bond acceptors (Lipinski definition) is 2. The predicted molar refractivity (Wildman–Crippen MR) is 101 cm³/mol. The molecular weight excluding hydrogens is 359 g/mol. The lowest BCUT2D eigenvalue weighted by atomic mass is 10.0. The standard InChI is InChI=1S/C19H18Cl2N2O2/c1-11-5-12(2)7-15(6-11)22-17(24)19(3-4-19)18(25)23-16-9-13(20)8-14(21)10-16/h5-10H,3-4H2,1-2H3,(H,22,24)(H,23,25). The molecule has 130 valence electrons. The van der Waals surface area contributed by atoms with Crippen molar-refractivity contribution >= 4 is 46.4 Å². The van der Waals surface area contributed by atoms with Crippen molar-refractivity contribution in [1.29, 1.82) is 0 Å². The van der Waals surface area contributed by atoms with Crippen LogP contribution in [0.1, 0.15) is 24.0 Å². The average molecular weight is 377 g/mol. The second-order valence-corrected chi connectivity index (χ2v) is 7.40. The Morgan fingerprint density at radius 1 is 0.800 bits per heavy atom. The first-order valence-electron chi connectivity index (χ1n) is 7.96. The number of nitrogens with one attached hydrogen (secondary N) is 2. The molecule has 0 atom stereocenters. The number of carbonyl (C=O) groups is 2. The summed E-state index contributed by atoms with van der Waals surface area (Å²) in [6.45, 7) is 3.93. The van der Waals surface area contributed by atoms with E-state index in [1.165, 1.54) is 0 Å². The Labute approximate surface area is 156 Å². The summed E-state index contributed by atoms with van der Waals surface area (Å²) in [5, 5.41) is 6.46. The first-order valence-corrected chi connectivity index (χ1v) is 8.71. The second kappa shape index (κ2) is 6.70. The minimum atomic E-state index is -1.04. The number of anilines is 2. The molecule has 2 aromatic rings. The normalized spacial score (nSPS) is 14.7. The van der Waals surface area contributed by atoms with Gasteiger partial charge in [-0.1, -0.05) is 29.3 Å². The molecule has 3 rings (SSSR count). The smallest absolute Gasteiger partial charge is 0.240 e. The van der Waals surface area contributed by atoms with Crippen molar-refractivity contribution in [1.82, 2.24) is 0 Å². The molecule has 0 saturated heterocycles. The lowest BCUT2D eigenvalue weighted by molar-refractivity contribution is -0.131. The first kappa shape index (κ1) is 17.8. The first-order chi connectivity index (χ1) is 11.8. The molecule has 0 radical (unpaired) electrons. The minimum Gasteiger partial charge on any atom is -0.325 e. The fraction of sp³-hybridized carbons (Fsp3) is 0.263. The third-order valence-electron chi connectivity index (χ3n) is 4.22. The molecule has 25 heavy (non-hydrogen) atoms. The molecule has 0 unspecified atom stereocenters. The highest BCUT2D eigenvalue weighted by atomic mass is 35.5. The van der Waals surface area contributed by atoms with Gasteiger partial charge in [0, 0.05) is 21.4 Å². The molecule has 0 spiro atoms. The van der Waals surface area contributed by atoms with E-state index in [0.29, 0.717) is 34.3 Å². The molecule has 1 saturated carbocycles. The Balaban J connectivity index is 1.74. The summed E-state index contributed by atoms with van der Waals surface area (Å²) in [5.41, 5.74) is 2.25. The van der Waals surface area contributed by atoms with Crippen molar-refractivity contribution < 1.29 is 9.59 Å². The molecular formula is C19H18Cl2N2O2. The molecule has 1 aliphatic carbocycles. The SMILES string of the molecule is Cc1cc(C)cc(NC(=O)C2(C(=O)Nc3cc(Cl)cc(Cl)c3)CC2)c1. The number of aryl methyl sites for hydroxylation is 2. The Bertz CT molecular complexity index is 752. The molecule has 0 aromatic heterocycles. The molecule has 2 aromatic carbocycles. The van der Waals surface area contributed by atoms with Crippen molar-refractivity contribution in [2.75, 3.05) is 10.6 Å². The molecule has 6 heteroatoms. The highest BCUT2D eigenvalue weighted by molar-refractivity contribution is 6.35. The van der Waals surface area contributed by atoms with E-state index in [2.05, 4.69) is 10.6 Å². The lowest BCUT2D eigenvalue weighted by Crippen LogP contribution is -2.35. The van der Waals surface area contributed by atoms with Gasteiger partial charge in [-0.3, -0.25) is 9.59 Å². The fourth-order valence-electron chi connectivity index (χ4n) is 2.86. The molecule has 0 bridgehead atoms. The van der Waals surface area contributed by atoms with Crippen LogP contribution in [0.15, 0.2) is 36.4 Å². The number of rotatable bonds is 4. The van der Waals surface area contributed by atoms with Gasteiger partial charge in [0.1, 0.15) is 5.41 Å². The van der Waals surface area contributed by atoms with Crippen LogP contribution in [0.4, 0.5) is 11.4 Å². The number of benzene rings is 2. The van der Waals surface area contributed by atoms with E-state index in [1.54, 1.807) is 18.2 Å². The summed E-state index contributed by atoms with van der Waals surface area (Å²) < 4.78 is 0. The van der Waals surface area contributed by atoms with Gasteiger partial charge in [-0.15, -0.1) is 0 Å². The highest BCUT2D eigenvalue weighted by Crippen LogP contribution is 2.47. The zero-order chi connectivity index (χ0) is 18.2. The van der Waals surface area contributed by atoms with Gasteiger partial charge in [-0.2, -0.15) is 0 Å². The Hall–Kier alpha value is -2.04. The minimum absolute atomic E-state index is 0.289. The van der Waals surface area contributed by atoms with Gasteiger partial charge in [0.15, 0.2) is 0 Å². The summed E-state index contributed by atoms with van der Waals surface area (Å²) in [6, 6.07) is 10.6. The van der Waals surface area contributed by atoms with Gasteiger partial charge in [0.2, 0.25) is 11.8 Å². The third-order valence-corrected chi connectivity index (χ3v) is 4.66. The third kappa shape index (κ3) is 3.97. The summed E-state index contributed by atoms with van der Waals surface area (Å²) in [5.74, 6) is -0.629. The van der Waals surface area contributed by atoms with Crippen LogP contribution in [0.3, 0.4) is 0 Å². The molecule has 0 heterocycles. The second-order valence-electron chi connectivity index (χ2n) is 6.52. The van der Waals surface area contributed by atoms with Crippen LogP contribution in [0.25, 0.3) is 0 Å². The Morgan fingerprint density at radius 3 is 1.68 bits per heavy atom. The van der Waals surface area contributed by atoms with Gasteiger partial charge in [0.25, 0.3) is 0 Å². The van der Waals surface area contributed by atoms with Gasteiger partial charge in [0.05, 0.1) is 0 Å². The average Bonchev–Trinajstić information content (AvgIpc) is 3.26. The molecule has 1 aliphatic rings. The summed E-state index contributed by atoms with van der Waals surface area (Å²) in [4.78, 5) is 25.3. The highest BCUT2D eigenvalue weighted by Gasteiger charge is 2.56. The van der Waals surface area contributed by atoms with Gasteiger partial charge < -0.3 is 10.6 Å². The largest absolute Gasteiger partial charge is 0.325 e. The van der Waals surface area contributed by atoms with E-state index in [9.17, 15) is 9.59 Å². The maximum Gasteiger partial charge on any atom is 0.240 e. The van der Waals surface area contributed by atoms with Crippen LogP contribution in [0.2, 0.25) is 10.0 Å². The van der Waals surface area contributed by atoms with E-state index in [0.717, 1.165) is 11.1 Å². The Kier molecular flexibility index (Phi) is 4.76. The van der Waals surface area contributed by atoms with Crippen LogP contribution in [0, 0.1) is 19.3 Å². The van der Waals surface area contributed by atoms with E-state index in [-0.39, 0.29) is 11.8 Å². The fourth-order valence-corrected chi connectivity index (χ4v) is 3.38. The monoisotopic (exact) mass is 376 g/mol. The van der Waals surface area contributed by atoms with Crippen LogP contribution in [0.5, 0.6) is 0 Å². The number of amides is 2. The lowest BCUT2D eigenvalue weighted by Gasteiger charge is -2.16. The van der Waals surface area contributed by atoms with E-state index in [1.807, 2.05) is 32.0 Å². The van der Waals surface area contributed by atoms with Crippen LogP contribution in [-0.4, -0.2) is 11.8 Å². The Morgan fingerprint density at radius 2 is 1.24 bits per heavy atom. The van der Waals surface area contributed by atoms with Crippen molar-refractivity contribution in [2.24, 2.45) is 5.41 Å². The number of halogens is 2. The molecule has 4 nitrogen and oxygen atoms in total. The zero-order valence-electron chi connectivity index (χ0n) is 14.0. The molecule has 1 fully saturated rings. The number of carbonyl (C=O) groups excluding carboxylic acids is 2. The predicted octanol–water partition coefficient (Wildman–Crippen LogP) is 4.97. The van der Waals surface area contributed by atoms with E-state index >= 15 is 0 Å². The molecule has 2 N–H and O–H groups in total. The van der Waals surface area contributed by atoms with Crippen molar-refractivity contribution in [3.63, 3.8) is 0 Å². The topological polar surface area (TPSA) is 58.2 Å². The van der Waals surface area contributed by atoms with Gasteiger partial charge in [-0.05, 0) is 68.1 Å². The summed E-state index contributed by atoms with van der Waals surface area (Å²) in [7, 11) is 0. The van der Waals surface area contributed by atoms with Crippen LogP contribution >= 0.6 is 23.2 Å². The number of hydrogen-bond donors (Lipinski definition) is 2. The summed E-state index contributed by atoms with van der Waals surface area (Å²) >= 11 is 11.9. The quantitative estimate of drug-likeness (QED) is 0.740. The van der Waals surface area contributed by atoms with Crippen molar-refractivity contribution in [3.8, 4) is 0 Å². The maximum atomic E-state index is 12.7. The van der Waals surface area contributed by atoms with E-state index in [4.69, 9.17) is 23.2 Å². The van der Waals surface area contributed by atoms with E-state index < -0.39 is 5.41 Å². The maximum absolute atomic E-state index is 12.7.